The van der Waals surface area contributed by atoms with Gasteiger partial charge in [0, 0.05) is 25.5 Å². The molecule has 2 atom stereocenters. The lowest BCUT2D eigenvalue weighted by molar-refractivity contribution is -0.126. The van der Waals surface area contributed by atoms with Crippen molar-refractivity contribution in [3.63, 3.8) is 0 Å². The van der Waals surface area contributed by atoms with Crippen LogP contribution in [0, 0.1) is 5.92 Å². The summed E-state index contributed by atoms with van der Waals surface area (Å²) in [6.07, 6.45) is 9.14. The Morgan fingerprint density at radius 2 is 1.86 bits per heavy atom. The molecule has 5 rings (SSSR count). The van der Waals surface area contributed by atoms with E-state index in [-0.39, 0.29) is 17.9 Å². The molecule has 2 aromatic heterocycles. The molecular weight excluding hydrogens is 382 g/mol. The van der Waals surface area contributed by atoms with E-state index in [9.17, 15) is 4.79 Å². The SMILES string of the molecule is O=C(NC1CCCc2ccccc21)C1CCCN(c2nnc(-n3cccc3)s2)C1. The largest absolute Gasteiger partial charge is 0.349 e. The zero-order valence-electron chi connectivity index (χ0n) is 16.3. The summed E-state index contributed by atoms with van der Waals surface area (Å²) in [5.74, 6) is 0.170. The Morgan fingerprint density at radius 3 is 2.76 bits per heavy atom. The first-order valence-electron chi connectivity index (χ1n) is 10.4. The van der Waals surface area contributed by atoms with Gasteiger partial charge in [-0.2, -0.15) is 0 Å². The molecule has 150 valence electrons. The van der Waals surface area contributed by atoms with E-state index >= 15 is 0 Å². The maximum atomic E-state index is 13.1. The number of rotatable bonds is 4. The van der Waals surface area contributed by atoms with Crippen molar-refractivity contribution >= 4 is 22.4 Å². The van der Waals surface area contributed by atoms with Crippen molar-refractivity contribution in [3.05, 3.63) is 59.9 Å². The first-order valence-corrected chi connectivity index (χ1v) is 11.2. The van der Waals surface area contributed by atoms with Gasteiger partial charge in [-0.05, 0) is 55.4 Å². The molecule has 2 unspecified atom stereocenters. The molecule has 2 aliphatic rings. The van der Waals surface area contributed by atoms with E-state index in [4.69, 9.17) is 0 Å². The molecular formula is C22H25N5OS. The maximum absolute atomic E-state index is 13.1. The number of aromatic nitrogens is 3. The average molecular weight is 408 g/mol. The second-order valence-corrected chi connectivity index (χ2v) is 8.83. The number of carbonyl (C=O) groups excluding carboxylic acids is 1. The highest BCUT2D eigenvalue weighted by Crippen LogP contribution is 2.31. The fourth-order valence-electron chi connectivity index (χ4n) is 4.46. The number of amides is 1. The van der Waals surface area contributed by atoms with Crippen LogP contribution < -0.4 is 10.2 Å². The number of fused-ring (bicyclic) bond motifs is 1. The fourth-order valence-corrected chi connectivity index (χ4v) is 5.31. The third kappa shape index (κ3) is 3.79. The summed E-state index contributed by atoms with van der Waals surface area (Å²) in [5.41, 5.74) is 2.67. The molecule has 0 radical (unpaired) electrons. The topological polar surface area (TPSA) is 63.1 Å². The standard InChI is InChI=1S/C22H25N5OS/c28-20(23-19-11-5-8-16-7-1-2-10-18(16)19)17-9-6-14-27(15-17)22-25-24-21(29-22)26-12-3-4-13-26/h1-4,7,10,12-13,17,19H,5-6,8-9,11,14-15H2,(H,23,28). The third-order valence-corrected chi connectivity index (χ3v) is 6.98. The second-order valence-electron chi connectivity index (χ2n) is 7.89. The number of nitrogens with zero attached hydrogens (tertiary/aromatic N) is 4. The number of hydrogen-bond acceptors (Lipinski definition) is 5. The molecule has 1 fully saturated rings. The van der Waals surface area contributed by atoms with E-state index in [1.54, 1.807) is 11.3 Å². The molecule has 0 spiro atoms. The van der Waals surface area contributed by atoms with Gasteiger partial charge in [0.2, 0.25) is 16.2 Å². The van der Waals surface area contributed by atoms with Gasteiger partial charge >= 0.3 is 0 Å². The van der Waals surface area contributed by atoms with Gasteiger partial charge in [-0.25, -0.2) is 0 Å². The zero-order chi connectivity index (χ0) is 19.6. The summed E-state index contributed by atoms with van der Waals surface area (Å²) in [4.78, 5) is 15.3. The number of piperidine rings is 1. The van der Waals surface area contributed by atoms with Crippen LogP contribution in [-0.4, -0.2) is 33.8 Å². The second kappa shape index (κ2) is 7.99. The predicted molar refractivity (Wildman–Crippen MR) is 114 cm³/mol. The molecule has 1 aromatic carbocycles. The normalized spacial score (nSPS) is 21.6. The number of anilines is 1. The van der Waals surface area contributed by atoms with Crippen LogP contribution in [0.3, 0.4) is 0 Å². The lowest BCUT2D eigenvalue weighted by Gasteiger charge is -2.33. The van der Waals surface area contributed by atoms with Gasteiger partial charge in [-0.15, -0.1) is 10.2 Å². The van der Waals surface area contributed by atoms with E-state index in [0.717, 1.165) is 48.9 Å². The molecule has 0 saturated carbocycles. The summed E-state index contributed by atoms with van der Waals surface area (Å²) in [6.45, 7) is 1.64. The van der Waals surface area contributed by atoms with E-state index in [0.29, 0.717) is 6.54 Å². The van der Waals surface area contributed by atoms with Gasteiger partial charge in [0.15, 0.2) is 0 Å². The summed E-state index contributed by atoms with van der Waals surface area (Å²) >= 11 is 1.57. The van der Waals surface area contributed by atoms with Crippen LogP contribution in [0.15, 0.2) is 48.8 Å². The molecule has 3 aromatic rings. The molecule has 6 nitrogen and oxygen atoms in total. The molecule has 0 bridgehead atoms. The Balaban J connectivity index is 1.26. The van der Waals surface area contributed by atoms with Crippen molar-refractivity contribution in [2.24, 2.45) is 5.92 Å². The number of aryl methyl sites for hydroxylation is 1. The lowest BCUT2D eigenvalue weighted by atomic mass is 9.87. The summed E-state index contributed by atoms with van der Waals surface area (Å²) < 4.78 is 1.97. The first-order chi connectivity index (χ1) is 14.3. The van der Waals surface area contributed by atoms with Gasteiger partial charge < -0.3 is 10.2 Å². The summed E-state index contributed by atoms with van der Waals surface area (Å²) in [6, 6.07) is 12.6. The highest BCUT2D eigenvalue weighted by molar-refractivity contribution is 7.17. The molecule has 3 heterocycles. The van der Waals surface area contributed by atoms with Crippen LogP contribution in [0.2, 0.25) is 0 Å². The zero-order valence-corrected chi connectivity index (χ0v) is 17.1. The van der Waals surface area contributed by atoms with E-state index in [2.05, 4.69) is 44.7 Å². The first kappa shape index (κ1) is 18.4. The Morgan fingerprint density at radius 1 is 1.03 bits per heavy atom. The van der Waals surface area contributed by atoms with E-state index < -0.39 is 0 Å². The Bertz CT molecular complexity index is 983. The fraction of sp³-hybridized carbons (Fsp3) is 0.409. The van der Waals surface area contributed by atoms with Gasteiger partial charge in [0.1, 0.15) is 0 Å². The van der Waals surface area contributed by atoms with Crippen LogP contribution in [0.1, 0.15) is 42.9 Å². The van der Waals surface area contributed by atoms with E-state index in [1.807, 2.05) is 29.1 Å². The highest BCUT2D eigenvalue weighted by Gasteiger charge is 2.30. The van der Waals surface area contributed by atoms with Crippen molar-refractivity contribution in [1.82, 2.24) is 20.1 Å². The summed E-state index contributed by atoms with van der Waals surface area (Å²) in [5, 5.41) is 13.8. The maximum Gasteiger partial charge on any atom is 0.225 e. The third-order valence-electron chi connectivity index (χ3n) is 5.98. The Hall–Kier alpha value is -2.67. The van der Waals surface area contributed by atoms with Crippen LogP contribution >= 0.6 is 11.3 Å². The highest BCUT2D eigenvalue weighted by atomic mass is 32.1. The Labute approximate surface area is 174 Å². The molecule has 1 aliphatic heterocycles. The molecule has 1 amide bonds. The number of carbonyl (C=O) groups is 1. The van der Waals surface area contributed by atoms with Crippen LogP contribution in [0.4, 0.5) is 5.13 Å². The van der Waals surface area contributed by atoms with Crippen LogP contribution in [0.5, 0.6) is 0 Å². The average Bonchev–Trinajstić information content (AvgIpc) is 3.46. The molecule has 1 N–H and O–H groups in total. The van der Waals surface area contributed by atoms with Crippen molar-refractivity contribution in [3.8, 4) is 5.13 Å². The predicted octanol–water partition coefficient (Wildman–Crippen LogP) is 3.74. The lowest BCUT2D eigenvalue weighted by Crippen LogP contribution is -2.44. The monoisotopic (exact) mass is 407 g/mol. The molecule has 29 heavy (non-hydrogen) atoms. The van der Waals surface area contributed by atoms with Gasteiger partial charge in [0.25, 0.3) is 0 Å². The quantitative estimate of drug-likeness (QED) is 0.716. The number of nitrogens with one attached hydrogen (secondary N) is 1. The molecule has 7 heteroatoms. The number of hydrogen-bond donors (Lipinski definition) is 1. The minimum absolute atomic E-state index is 0.00299. The Kier molecular flexibility index (Phi) is 5.06. The smallest absolute Gasteiger partial charge is 0.225 e. The van der Waals surface area contributed by atoms with Crippen molar-refractivity contribution in [2.45, 2.75) is 38.1 Å². The minimum atomic E-state index is -0.00299. The van der Waals surface area contributed by atoms with Crippen molar-refractivity contribution in [2.75, 3.05) is 18.0 Å². The number of benzene rings is 1. The van der Waals surface area contributed by atoms with Crippen molar-refractivity contribution in [1.29, 1.82) is 0 Å². The van der Waals surface area contributed by atoms with Crippen LogP contribution in [-0.2, 0) is 11.2 Å². The van der Waals surface area contributed by atoms with Gasteiger partial charge in [0.05, 0.1) is 12.0 Å². The van der Waals surface area contributed by atoms with Gasteiger partial charge in [-0.1, -0.05) is 35.6 Å². The van der Waals surface area contributed by atoms with Crippen molar-refractivity contribution < 1.29 is 4.79 Å². The minimum Gasteiger partial charge on any atom is -0.349 e. The van der Waals surface area contributed by atoms with Gasteiger partial charge in [-0.3, -0.25) is 9.36 Å². The van der Waals surface area contributed by atoms with E-state index in [1.165, 1.54) is 11.1 Å². The molecule has 1 saturated heterocycles. The summed E-state index contributed by atoms with van der Waals surface area (Å²) in [7, 11) is 0. The molecule has 1 aliphatic carbocycles. The van der Waals surface area contributed by atoms with Crippen LogP contribution in [0.25, 0.3) is 5.13 Å².